The highest BCUT2D eigenvalue weighted by atomic mass is 16.5. The van der Waals surface area contributed by atoms with Gasteiger partial charge in [0.25, 0.3) is 0 Å². The lowest BCUT2D eigenvalue weighted by atomic mass is 10.2. The number of ether oxygens (including phenoxy) is 1. The van der Waals surface area contributed by atoms with E-state index in [1.165, 1.54) is 0 Å². The molecule has 6 nitrogen and oxygen atoms in total. The molecule has 0 bridgehead atoms. The third kappa shape index (κ3) is 4.38. The van der Waals surface area contributed by atoms with Crippen LogP contribution in [0.4, 0.5) is 4.79 Å². The first kappa shape index (κ1) is 14.6. The van der Waals surface area contributed by atoms with Gasteiger partial charge in [-0.3, -0.25) is 0 Å². The maximum absolute atomic E-state index is 11.9. The van der Waals surface area contributed by atoms with Crippen LogP contribution in [-0.4, -0.2) is 29.7 Å². The van der Waals surface area contributed by atoms with Crippen LogP contribution in [0.25, 0.3) is 5.69 Å². The predicted octanol–water partition coefficient (Wildman–Crippen LogP) is 1.69. The highest BCUT2D eigenvalue weighted by Crippen LogP contribution is 2.12. The van der Waals surface area contributed by atoms with E-state index in [2.05, 4.69) is 5.32 Å². The minimum absolute atomic E-state index is 0.229. The van der Waals surface area contributed by atoms with Crippen LogP contribution in [0.15, 0.2) is 48.8 Å². The van der Waals surface area contributed by atoms with Crippen molar-refractivity contribution >= 4 is 12.0 Å². The molecule has 0 radical (unpaired) electrons. The van der Waals surface area contributed by atoms with Gasteiger partial charge in [0.2, 0.25) is 0 Å². The SMILES string of the molecule is NC(=O)NCCCOC(=O)c1cccc(-n2cccc2)c1. The molecule has 0 saturated heterocycles. The molecular formula is C15H17N3O3. The third-order valence-corrected chi connectivity index (χ3v) is 2.84. The Kier molecular flexibility index (Phi) is 4.98. The number of aromatic nitrogens is 1. The quantitative estimate of drug-likeness (QED) is 0.626. The monoisotopic (exact) mass is 287 g/mol. The zero-order valence-corrected chi connectivity index (χ0v) is 11.5. The summed E-state index contributed by atoms with van der Waals surface area (Å²) in [7, 11) is 0. The first-order valence-corrected chi connectivity index (χ1v) is 6.60. The van der Waals surface area contributed by atoms with Crippen molar-refractivity contribution in [2.24, 2.45) is 5.73 Å². The molecule has 0 aliphatic rings. The highest BCUT2D eigenvalue weighted by molar-refractivity contribution is 5.90. The van der Waals surface area contributed by atoms with Gasteiger partial charge in [0.15, 0.2) is 0 Å². The molecule has 0 fully saturated rings. The van der Waals surface area contributed by atoms with Crippen LogP contribution >= 0.6 is 0 Å². The Bertz CT molecular complexity index is 608. The second-order valence-electron chi connectivity index (χ2n) is 4.42. The fourth-order valence-electron chi connectivity index (χ4n) is 1.83. The lowest BCUT2D eigenvalue weighted by Gasteiger charge is -2.07. The zero-order chi connectivity index (χ0) is 15.1. The predicted molar refractivity (Wildman–Crippen MR) is 78.3 cm³/mol. The highest BCUT2D eigenvalue weighted by Gasteiger charge is 2.08. The number of carbonyl (C=O) groups is 2. The number of urea groups is 1. The fraction of sp³-hybridized carbons (Fsp3) is 0.200. The van der Waals surface area contributed by atoms with E-state index in [1.54, 1.807) is 18.2 Å². The average molecular weight is 287 g/mol. The molecule has 0 unspecified atom stereocenters. The first-order chi connectivity index (χ1) is 10.2. The summed E-state index contributed by atoms with van der Waals surface area (Å²) in [5.74, 6) is -0.386. The van der Waals surface area contributed by atoms with Gasteiger partial charge >= 0.3 is 12.0 Å². The Hall–Kier alpha value is -2.76. The van der Waals surface area contributed by atoms with Gasteiger partial charge in [-0.2, -0.15) is 0 Å². The van der Waals surface area contributed by atoms with Gasteiger partial charge in [0, 0.05) is 24.6 Å². The number of hydrogen-bond donors (Lipinski definition) is 2. The van der Waals surface area contributed by atoms with Crippen LogP contribution in [-0.2, 0) is 4.74 Å². The zero-order valence-electron chi connectivity index (χ0n) is 11.5. The van der Waals surface area contributed by atoms with Crippen LogP contribution in [0.2, 0.25) is 0 Å². The molecular weight excluding hydrogens is 270 g/mol. The summed E-state index contributed by atoms with van der Waals surface area (Å²) in [4.78, 5) is 22.4. The topological polar surface area (TPSA) is 86.4 Å². The minimum Gasteiger partial charge on any atom is -0.462 e. The average Bonchev–Trinajstić information content (AvgIpc) is 3.01. The lowest BCUT2D eigenvalue weighted by molar-refractivity contribution is 0.0501. The smallest absolute Gasteiger partial charge is 0.338 e. The number of hydrogen-bond acceptors (Lipinski definition) is 3. The van der Waals surface area contributed by atoms with E-state index in [9.17, 15) is 9.59 Å². The van der Waals surface area contributed by atoms with E-state index in [1.807, 2.05) is 35.2 Å². The normalized spacial score (nSPS) is 10.1. The third-order valence-electron chi connectivity index (χ3n) is 2.84. The van der Waals surface area contributed by atoms with Crippen LogP contribution in [0, 0.1) is 0 Å². The van der Waals surface area contributed by atoms with Crippen molar-refractivity contribution in [2.45, 2.75) is 6.42 Å². The van der Waals surface area contributed by atoms with E-state index in [0.29, 0.717) is 18.5 Å². The number of amides is 2. The summed E-state index contributed by atoms with van der Waals surface area (Å²) in [6.07, 6.45) is 4.33. The Balaban J connectivity index is 1.88. The minimum atomic E-state index is -0.583. The molecule has 0 atom stereocenters. The molecule has 2 rings (SSSR count). The van der Waals surface area contributed by atoms with Crippen LogP contribution < -0.4 is 11.1 Å². The number of rotatable bonds is 6. The number of carbonyl (C=O) groups excluding carboxylic acids is 2. The molecule has 2 aromatic rings. The number of esters is 1. The molecule has 3 N–H and O–H groups in total. The van der Waals surface area contributed by atoms with Gasteiger partial charge in [0.1, 0.15) is 0 Å². The van der Waals surface area contributed by atoms with E-state index in [-0.39, 0.29) is 12.6 Å². The van der Waals surface area contributed by atoms with Gasteiger partial charge in [-0.25, -0.2) is 9.59 Å². The van der Waals surface area contributed by atoms with Crippen molar-refractivity contribution in [3.05, 3.63) is 54.4 Å². The Labute approximate surface area is 122 Å². The van der Waals surface area contributed by atoms with Gasteiger partial charge in [-0.1, -0.05) is 6.07 Å². The summed E-state index contributed by atoms with van der Waals surface area (Å²) in [5.41, 5.74) is 6.31. The summed E-state index contributed by atoms with van der Waals surface area (Å²) in [6.45, 7) is 0.610. The standard InChI is InChI=1S/C15H17N3O3/c16-15(20)17-7-4-10-21-14(19)12-5-3-6-13(11-12)18-8-1-2-9-18/h1-3,5-6,8-9,11H,4,7,10H2,(H3,16,17,20). The number of primary amides is 1. The van der Waals surface area contributed by atoms with E-state index in [4.69, 9.17) is 10.5 Å². The molecule has 1 aromatic heterocycles. The van der Waals surface area contributed by atoms with Crippen LogP contribution in [0.3, 0.4) is 0 Å². The molecule has 21 heavy (non-hydrogen) atoms. The molecule has 1 aromatic carbocycles. The second-order valence-corrected chi connectivity index (χ2v) is 4.42. The van der Waals surface area contributed by atoms with Gasteiger partial charge in [-0.05, 0) is 36.8 Å². The van der Waals surface area contributed by atoms with E-state index < -0.39 is 6.03 Å². The van der Waals surface area contributed by atoms with Crippen molar-refractivity contribution in [1.82, 2.24) is 9.88 Å². The largest absolute Gasteiger partial charge is 0.462 e. The number of benzene rings is 1. The maximum atomic E-state index is 11.9. The van der Waals surface area contributed by atoms with Gasteiger partial charge in [0.05, 0.1) is 12.2 Å². The Morgan fingerprint density at radius 1 is 1.19 bits per heavy atom. The molecule has 1 heterocycles. The summed E-state index contributed by atoms with van der Waals surface area (Å²) in [6, 6.07) is 10.4. The summed E-state index contributed by atoms with van der Waals surface area (Å²) in [5, 5.41) is 2.43. The summed E-state index contributed by atoms with van der Waals surface area (Å²) < 4.78 is 7.05. The molecule has 2 amide bonds. The fourth-order valence-corrected chi connectivity index (χ4v) is 1.83. The van der Waals surface area contributed by atoms with Crippen molar-refractivity contribution < 1.29 is 14.3 Å². The van der Waals surface area contributed by atoms with Crippen molar-refractivity contribution in [1.29, 1.82) is 0 Å². The maximum Gasteiger partial charge on any atom is 0.338 e. The van der Waals surface area contributed by atoms with E-state index >= 15 is 0 Å². The molecule has 110 valence electrons. The number of nitrogens with two attached hydrogens (primary N) is 1. The van der Waals surface area contributed by atoms with Crippen molar-refractivity contribution in [3.63, 3.8) is 0 Å². The van der Waals surface area contributed by atoms with Gasteiger partial charge in [-0.15, -0.1) is 0 Å². The van der Waals surface area contributed by atoms with E-state index in [0.717, 1.165) is 5.69 Å². The number of nitrogens with zero attached hydrogens (tertiary/aromatic N) is 1. The molecule has 6 heteroatoms. The molecule has 0 aliphatic heterocycles. The molecule has 0 saturated carbocycles. The lowest BCUT2D eigenvalue weighted by Crippen LogP contribution is -2.30. The van der Waals surface area contributed by atoms with Crippen LogP contribution in [0.1, 0.15) is 16.8 Å². The number of nitrogens with one attached hydrogen (secondary N) is 1. The Morgan fingerprint density at radius 3 is 2.67 bits per heavy atom. The first-order valence-electron chi connectivity index (χ1n) is 6.60. The van der Waals surface area contributed by atoms with Crippen molar-refractivity contribution in [2.75, 3.05) is 13.2 Å². The Morgan fingerprint density at radius 2 is 1.95 bits per heavy atom. The molecule has 0 aliphatic carbocycles. The van der Waals surface area contributed by atoms with Crippen LogP contribution in [0.5, 0.6) is 0 Å². The van der Waals surface area contributed by atoms with Gasteiger partial charge < -0.3 is 20.4 Å². The molecule has 0 spiro atoms. The van der Waals surface area contributed by atoms with Crippen molar-refractivity contribution in [3.8, 4) is 5.69 Å². The second kappa shape index (κ2) is 7.14. The summed E-state index contributed by atoms with van der Waals surface area (Å²) >= 11 is 0.